The number of amides is 1. The monoisotopic (exact) mass is 278 g/mol. The summed E-state index contributed by atoms with van der Waals surface area (Å²) in [6.07, 6.45) is 5.62. The Kier molecular flexibility index (Phi) is 3.89. The van der Waals surface area contributed by atoms with Gasteiger partial charge in [0.1, 0.15) is 0 Å². The Morgan fingerprint density at radius 3 is 2.95 bits per heavy atom. The summed E-state index contributed by atoms with van der Waals surface area (Å²) in [6, 6.07) is 5.18. The smallest absolute Gasteiger partial charge is 0.240 e. The molecule has 2 heterocycles. The number of nitrogens with zero attached hydrogens (tertiary/aromatic N) is 1. The molecule has 1 aromatic rings. The first-order valence-corrected chi connectivity index (χ1v) is 8.27. The van der Waals surface area contributed by atoms with Gasteiger partial charge in [0, 0.05) is 17.5 Å². The number of nitrogens with one attached hydrogen (secondary N) is 1. The van der Waals surface area contributed by atoms with Crippen LogP contribution >= 0.6 is 11.3 Å². The summed E-state index contributed by atoms with van der Waals surface area (Å²) in [5.74, 6) is 0.318. The highest BCUT2D eigenvalue weighted by atomic mass is 32.1. The zero-order chi connectivity index (χ0) is 13.2. The van der Waals surface area contributed by atoms with Gasteiger partial charge in [0.15, 0.2) is 0 Å². The van der Waals surface area contributed by atoms with Crippen LogP contribution in [0.5, 0.6) is 0 Å². The van der Waals surface area contributed by atoms with Crippen LogP contribution in [-0.4, -0.2) is 29.4 Å². The molecular weight excluding hydrogens is 256 g/mol. The lowest BCUT2D eigenvalue weighted by atomic mass is 10.0. The average molecular weight is 278 g/mol. The molecule has 2 aliphatic rings. The molecule has 2 fully saturated rings. The van der Waals surface area contributed by atoms with Gasteiger partial charge in [-0.3, -0.25) is 4.79 Å². The average Bonchev–Trinajstić information content (AvgIpc) is 3.07. The van der Waals surface area contributed by atoms with Crippen molar-refractivity contribution in [1.29, 1.82) is 0 Å². The second-order valence-corrected chi connectivity index (χ2v) is 6.59. The number of likely N-dealkylation sites (tertiary alicyclic amines) is 1. The molecule has 2 unspecified atom stereocenters. The van der Waals surface area contributed by atoms with Gasteiger partial charge in [0.2, 0.25) is 5.91 Å². The van der Waals surface area contributed by atoms with E-state index >= 15 is 0 Å². The van der Waals surface area contributed by atoms with Crippen molar-refractivity contribution in [3.05, 3.63) is 22.4 Å². The second-order valence-electron chi connectivity index (χ2n) is 5.61. The molecule has 2 atom stereocenters. The van der Waals surface area contributed by atoms with Crippen LogP contribution in [0.3, 0.4) is 0 Å². The SMILES string of the molecule is CCC(c1cccs1)N1CCCC(NC2CC2)C1=O. The quantitative estimate of drug-likeness (QED) is 0.898. The van der Waals surface area contributed by atoms with Crippen molar-refractivity contribution >= 4 is 17.2 Å². The summed E-state index contributed by atoms with van der Waals surface area (Å²) in [4.78, 5) is 16.1. The van der Waals surface area contributed by atoms with Crippen LogP contribution in [0.2, 0.25) is 0 Å². The molecule has 104 valence electrons. The zero-order valence-electron chi connectivity index (χ0n) is 11.5. The highest BCUT2D eigenvalue weighted by Gasteiger charge is 2.36. The van der Waals surface area contributed by atoms with Gasteiger partial charge in [0.05, 0.1) is 12.1 Å². The van der Waals surface area contributed by atoms with E-state index < -0.39 is 0 Å². The van der Waals surface area contributed by atoms with Gasteiger partial charge in [-0.1, -0.05) is 13.0 Å². The number of rotatable bonds is 5. The second kappa shape index (κ2) is 5.63. The Morgan fingerprint density at radius 2 is 2.32 bits per heavy atom. The number of hydrogen-bond acceptors (Lipinski definition) is 3. The topological polar surface area (TPSA) is 32.3 Å². The summed E-state index contributed by atoms with van der Waals surface area (Å²) < 4.78 is 0. The molecule has 0 spiro atoms. The fraction of sp³-hybridized carbons (Fsp3) is 0.667. The Labute approximate surface area is 119 Å². The van der Waals surface area contributed by atoms with Gasteiger partial charge in [-0.2, -0.15) is 0 Å². The standard InChI is InChI=1S/C15H22N2OS/c1-2-13(14-6-4-10-19-14)17-9-3-5-12(15(17)18)16-11-7-8-11/h4,6,10-13,16H,2-3,5,7-9H2,1H3. The molecule has 1 amide bonds. The van der Waals surface area contributed by atoms with Gasteiger partial charge >= 0.3 is 0 Å². The first-order valence-electron chi connectivity index (χ1n) is 7.39. The van der Waals surface area contributed by atoms with E-state index in [2.05, 4.69) is 34.7 Å². The maximum atomic E-state index is 12.7. The van der Waals surface area contributed by atoms with Crippen molar-refractivity contribution in [2.75, 3.05) is 6.54 Å². The van der Waals surface area contributed by atoms with Crippen LogP contribution in [0.15, 0.2) is 17.5 Å². The maximum Gasteiger partial charge on any atom is 0.240 e. The summed E-state index contributed by atoms with van der Waals surface area (Å²) in [5, 5.41) is 5.61. The molecule has 0 aromatic carbocycles. The number of thiophene rings is 1. The fourth-order valence-corrected chi connectivity index (χ4v) is 3.88. The van der Waals surface area contributed by atoms with Crippen LogP contribution < -0.4 is 5.32 Å². The lowest BCUT2D eigenvalue weighted by molar-refractivity contribution is -0.138. The van der Waals surface area contributed by atoms with Gasteiger partial charge < -0.3 is 10.2 Å². The maximum absolute atomic E-state index is 12.7. The number of hydrogen-bond donors (Lipinski definition) is 1. The first kappa shape index (κ1) is 13.1. The molecule has 3 nitrogen and oxygen atoms in total. The summed E-state index contributed by atoms with van der Waals surface area (Å²) in [7, 11) is 0. The lowest BCUT2D eigenvalue weighted by Crippen LogP contribution is -2.52. The zero-order valence-corrected chi connectivity index (χ0v) is 12.3. The molecule has 1 aliphatic heterocycles. The normalized spacial score (nSPS) is 25.6. The van der Waals surface area contributed by atoms with Gasteiger partial charge in [-0.05, 0) is 43.6 Å². The third-order valence-electron chi connectivity index (χ3n) is 4.12. The van der Waals surface area contributed by atoms with Crippen LogP contribution in [0.25, 0.3) is 0 Å². The molecule has 0 bridgehead atoms. The highest BCUT2D eigenvalue weighted by molar-refractivity contribution is 7.10. The van der Waals surface area contributed by atoms with Gasteiger partial charge in [0.25, 0.3) is 0 Å². The molecular formula is C15H22N2OS. The van der Waals surface area contributed by atoms with Crippen LogP contribution in [0.4, 0.5) is 0 Å². The Morgan fingerprint density at radius 1 is 1.47 bits per heavy atom. The third kappa shape index (κ3) is 2.84. The van der Waals surface area contributed by atoms with Crippen LogP contribution in [0.1, 0.15) is 49.9 Å². The number of piperidine rings is 1. The van der Waals surface area contributed by atoms with Crippen LogP contribution in [0, 0.1) is 0 Å². The summed E-state index contributed by atoms with van der Waals surface area (Å²) in [6.45, 7) is 3.09. The molecule has 3 rings (SSSR count). The predicted octanol–water partition coefficient (Wildman–Crippen LogP) is 2.94. The molecule has 1 saturated carbocycles. The van der Waals surface area contributed by atoms with E-state index in [9.17, 15) is 4.79 Å². The minimum Gasteiger partial charge on any atom is -0.334 e. The van der Waals surface area contributed by atoms with E-state index in [-0.39, 0.29) is 12.1 Å². The number of carbonyl (C=O) groups is 1. The van der Waals surface area contributed by atoms with Crippen molar-refractivity contribution in [2.45, 2.75) is 57.2 Å². The van der Waals surface area contributed by atoms with Crippen molar-refractivity contribution in [2.24, 2.45) is 0 Å². The largest absolute Gasteiger partial charge is 0.334 e. The Bertz CT molecular complexity index is 427. The van der Waals surface area contributed by atoms with Crippen LogP contribution in [-0.2, 0) is 4.79 Å². The molecule has 1 N–H and O–H groups in total. The van der Waals surface area contributed by atoms with E-state index in [4.69, 9.17) is 0 Å². The van der Waals surface area contributed by atoms with Crippen molar-refractivity contribution in [3.8, 4) is 0 Å². The third-order valence-corrected chi connectivity index (χ3v) is 5.10. The van der Waals surface area contributed by atoms with Gasteiger partial charge in [-0.25, -0.2) is 0 Å². The Hall–Kier alpha value is -0.870. The summed E-state index contributed by atoms with van der Waals surface area (Å²) >= 11 is 1.76. The number of carbonyl (C=O) groups excluding carboxylic acids is 1. The van der Waals surface area contributed by atoms with E-state index in [1.165, 1.54) is 17.7 Å². The Balaban J connectivity index is 1.72. The van der Waals surface area contributed by atoms with E-state index in [0.717, 1.165) is 25.8 Å². The molecule has 1 aliphatic carbocycles. The molecule has 1 aromatic heterocycles. The minimum atomic E-state index is 0.0651. The molecule has 4 heteroatoms. The van der Waals surface area contributed by atoms with Crippen molar-refractivity contribution in [1.82, 2.24) is 10.2 Å². The fourth-order valence-electron chi connectivity index (χ4n) is 2.95. The first-order chi connectivity index (χ1) is 9.29. The molecule has 19 heavy (non-hydrogen) atoms. The van der Waals surface area contributed by atoms with Gasteiger partial charge in [-0.15, -0.1) is 11.3 Å². The highest BCUT2D eigenvalue weighted by Crippen LogP contribution is 2.31. The minimum absolute atomic E-state index is 0.0651. The van der Waals surface area contributed by atoms with Crippen molar-refractivity contribution < 1.29 is 4.79 Å². The van der Waals surface area contributed by atoms with E-state index in [1.54, 1.807) is 11.3 Å². The molecule has 0 radical (unpaired) electrons. The van der Waals surface area contributed by atoms with E-state index in [1.807, 2.05) is 0 Å². The molecule has 1 saturated heterocycles. The lowest BCUT2D eigenvalue weighted by Gasteiger charge is -2.37. The predicted molar refractivity (Wildman–Crippen MR) is 78.2 cm³/mol. The van der Waals surface area contributed by atoms with E-state index in [0.29, 0.717) is 11.9 Å². The van der Waals surface area contributed by atoms with Crippen molar-refractivity contribution in [3.63, 3.8) is 0 Å². The summed E-state index contributed by atoms with van der Waals surface area (Å²) in [5.41, 5.74) is 0.